The fraction of sp³-hybridized carbons (Fsp3) is 0.414. The third-order valence-corrected chi connectivity index (χ3v) is 6.67. The number of aromatic hydroxyl groups is 2. The van der Waals surface area contributed by atoms with Crippen LogP contribution in [0, 0.1) is 6.92 Å². The minimum Gasteiger partial charge on any atom is -0.507 e. The van der Waals surface area contributed by atoms with Crippen LogP contribution in [0.25, 0.3) is 0 Å². The molecule has 1 aromatic heterocycles. The molecule has 1 aromatic carbocycles. The van der Waals surface area contributed by atoms with Crippen LogP contribution in [0.15, 0.2) is 53.7 Å². The summed E-state index contributed by atoms with van der Waals surface area (Å²) >= 11 is 6.37. The summed E-state index contributed by atoms with van der Waals surface area (Å²) in [7, 11) is 0. The number of allylic oxidation sites excluding steroid dienone is 3. The Kier molecular flexibility index (Phi) is 9.97. The van der Waals surface area contributed by atoms with Crippen LogP contribution in [0.4, 0.5) is 0 Å². The molecule has 2 aliphatic heterocycles. The second-order valence-corrected chi connectivity index (χ2v) is 9.87. The number of rotatable bonds is 8. The smallest absolute Gasteiger partial charge is 0.342 e. The molecule has 0 amide bonds. The summed E-state index contributed by atoms with van der Waals surface area (Å²) in [5.74, 6) is -1.54. The first-order valence-corrected chi connectivity index (χ1v) is 13.3. The van der Waals surface area contributed by atoms with Crippen molar-refractivity contribution in [2.75, 3.05) is 19.8 Å². The number of fused-ring (bicyclic) bond motifs is 2. The van der Waals surface area contributed by atoms with E-state index in [0.29, 0.717) is 25.3 Å². The Labute approximate surface area is 232 Å². The van der Waals surface area contributed by atoms with Crippen LogP contribution in [0.2, 0.25) is 5.02 Å². The quantitative estimate of drug-likeness (QED) is 0.205. The fourth-order valence-electron chi connectivity index (χ4n) is 4.27. The van der Waals surface area contributed by atoms with Gasteiger partial charge in [-0.3, -0.25) is 4.98 Å². The summed E-state index contributed by atoms with van der Waals surface area (Å²) in [6, 6.07) is 6.99. The largest absolute Gasteiger partial charge is 0.507 e. The number of phenols is 2. The van der Waals surface area contributed by atoms with E-state index in [1.807, 2.05) is 37.3 Å². The molecule has 3 atom stereocenters. The van der Waals surface area contributed by atoms with Gasteiger partial charge in [-0.15, -0.1) is 0 Å². The first kappa shape index (κ1) is 28.6. The molecule has 2 aliphatic rings. The highest BCUT2D eigenvalue weighted by Crippen LogP contribution is 2.38. The van der Waals surface area contributed by atoms with Gasteiger partial charge < -0.3 is 29.3 Å². The fourth-order valence-corrected chi connectivity index (χ4v) is 4.49. The number of oxime groups is 1. The Hall–Kier alpha value is -3.40. The van der Waals surface area contributed by atoms with E-state index >= 15 is 0 Å². The van der Waals surface area contributed by atoms with Gasteiger partial charge in [-0.25, -0.2) is 4.79 Å². The zero-order chi connectivity index (χ0) is 27.8. The Balaban J connectivity index is 1.41. The molecule has 10 heteroatoms. The number of carbonyl (C=O) groups is 1. The van der Waals surface area contributed by atoms with Gasteiger partial charge in [-0.2, -0.15) is 0 Å². The zero-order valence-corrected chi connectivity index (χ0v) is 22.8. The van der Waals surface area contributed by atoms with Gasteiger partial charge in [0.25, 0.3) is 0 Å². The first-order valence-electron chi connectivity index (χ1n) is 13.0. The molecule has 3 heterocycles. The number of esters is 1. The minimum absolute atomic E-state index is 0.00312. The molecule has 2 N–H and O–H groups in total. The standard InChI is InChI=1S/C29H33ClN2O7/c1-18-7-5-9-20(31-18)10-6-12-36-13-14-37-32-21-8-3-4-11-25-26(39-25)15-19(2)38-29(35)27-22(16-21)28(30)24(34)17-23(27)33/h3-5,7-9,11,17,19,25-26,33-34H,6,10,12-16H2,1-2H3/b8-3+,11-4-,32-21+. The molecule has 208 valence electrons. The molecule has 0 spiro atoms. The van der Waals surface area contributed by atoms with Crippen molar-refractivity contribution >= 4 is 23.3 Å². The van der Waals surface area contributed by atoms with Crippen molar-refractivity contribution in [2.24, 2.45) is 5.16 Å². The van der Waals surface area contributed by atoms with Gasteiger partial charge in [0.15, 0.2) is 0 Å². The molecular weight excluding hydrogens is 524 g/mol. The van der Waals surface area contributed by atoms with Crippen LogP contribution >= 0.6 is 11.6 Å². The monoisotopic (exact) mass is 556 g/mol. The minimum atomic E-state index is -0.750. The summed E-state index contributed by atoms with van der Waals surface area (Å²) in [5.41, 5.74) is 2.49. The number of aromatic nitrogens is 1. The summed E-state index contributed by atoms with van der Waals surface area (Å²) in [6.45, 7) is 4.83. The van der Waals surface area contributed by atoms with Crippen LogP contribution in [0.5, 0.6) is 11.5 Å². The van der Waals surface area contributed by atoms with Crippen molar-refractivity contribution in [3.8, 4) is 11.5 Å². The van der Waals surface area contributed by atoms with Gasteiger partial charge in [0.05, 0.1) is 23.4 Å². The normalized spacial score (nSPS) is 23.7. The summed E-state index contributed by atoms with van der Waals surface area (Å²) in [5, 5.41) is 24.8. The number of phenolic OH excluding ortho intramolecular Hbond substituents is 2. The lowest BCUT2D eigenvalue weighted by Crippen LogP contribution is -2.20. The number of cyclic esters (lactones) is 1. The molecule has 9 nitrogen and oxygen atoms in total. The maximum Gasteiger partial charge on any atom is 0.342 e. The highest BCUT2D eigenvalue weighted by Gasteiger charge is 2.38. The van der Waals surface area contributed by atoms with E-state index in [2.05, 4.69) is 10.1 Å². The van der Waals surface area contributed by atoms with Crippen molar-refractivity contribution in [3.63, 3.8) is 0 Å². The van der Waals surface area contributed by atoms with Gasteiger partial charge in [0, 0.05) is 36.9 Å². The highest BCUT2D eigenvalue weighted by molar-refractivity contribution is 6.33. The van der Waals surface area contributed by atoms with Gasteiger partial charge in [0.2, 0.25) is 0 Å². The van der Waals surface area contributed by atoms with E-state index in [-0.39, 0.29) is 47.1 Å². The number of ether oxygens (including phenoxy) is 3. The van der Waals surface area contributed by atoms with Crippen molar-refractivity contribution < 1.29 is 34.1 Å². The van der Waals surface area contributed by atoms with Gasteiger partial charge in [-0.1, -0.05) is 41.1 Å². The molecule has 4 rings (SSSR count). The number of pyridine rings is 1. The molecule has 1 saturated heterocycles. The predicted octanol–water partition coefficient (Wildman–Crippen LogP) is 4.85. The Morgan fingerprint density at radius 1 is 1.18 bits per heavy atom. The lowest BCUT2D eigenvalue weighted by Gasteiger charge is -2.17. The van der Waals surface area contributed by atoms with E-state index in [0.717, 1.165) is 30.3 Å². The second kappa shape index (κ2) is 13.6. The lowest BCUT2D eigenvalue weighted by atomic mass is 9.99. The number of nitrogens with zero attached hydrogens (tertiary/aromatic N) is 2. The van der Waals surface area contributed by atoms with Crippen LogP contribution < -0.4 is 0 Å². The van der Waals surface area contributed by atoms with Crippen LogP contribution in [0.1, 0.15) is 47.1 Å². The van der Waals surface area contributed by atoms with E-state index in [4.69, 9.17) is 30.6 Å². The molecular formula is C29H33ClN2O7. The number of carbonyl (C=O) groups excluding carboxylic acids is 1. The van der Waals surface area contributed by atoms with E-state index in [9.17, 15) is 15.0 Å². The molecule has 0 radical (unpaired) electrons. The number of hydrogen-bond acceptors (Lipinski definition) is 9. The molecule has 0 bridgehead atoms. The Morgan fingerprint density at radius 3 is 2.85 bits per heavy atom. The van der Waals surface area contributed by atoms with Crippen molar-refractivity contribution in [1.29, 1.82) is 0 Å². The van der Waals surface area contributed by atoms with Crippen LogP contribution in [-0.2, 0) is 31.9 Å². The molecule has 0 aliphatic carbocycles. The SMILES string of the molecule is Cc1cccc(CCCOCCO\N=C2/C=C/C=C\C3OC3CC(C)OC(=O)c3c(O)cc(O)c(Cl)c3C2)n1. The second-order valence-electron chi connectivity index (χ2n) is 9.50. The molecule has 2 aromatic rings. The molecule has 0 saturated carbocycles. The average molecular weight is 557 g/mol. The molecule has 1 fully saturated rings. The van der Waals surface area contributed by atoms with Gasteiger partial charge in [0.1, 0.15) is 35.9 Å². The number of halogens is 1. The van der Waals surface area contributed by atoms with E-state index in [1.54, 1.807) is 19.1 Å². The summed E-state index contributed by atoms with van der Waals surface area (Å²) in [4.78, 5) is 23.0. The summed E-state index contributed by atoms with van der Waals surface area (Å²) in [6.07, 6.45) is 8.85. The topological polar surface area (TPSA) is 123 Å². The van der Waals surface area contributed by atoms with Gasteiger partial charge in [-0.05, 0) is 50.5 Å². The third kappa shape index (κ3) is 8.29. The Morgan fingerprint density at radius 2 is 2.03 bits per heavy atom. The number of hydrogen-bond donors (Lipinski definition) is 2. The number of benzene rings is 1. The molecule has 39 heavy (non-hydrogen) atoms. The number of epoxide rings is 1. The predicted molar refractivity (Wildman–Crippen MR) is 146 cm³/mol. The summed E-state index contributed by atoms with van der Waals surface area (Å²) < 4.78 is 16.8. The van der Waals surface area contributed by atoms with Crippen molar-refractivity contribution in [2.45, 2.75) is 57.8 Å². The van der Waals surface area contributed by atoms with Crippen LogP contribution in [0.3, 0.4) is 0 Å². The van der Waals surface area contributed by atoms with Crippen molar-refractivity contribution in [3.05, 3.63) is 76.1 Å². The van der Waals surface area contributed by atoms with Gasteiger partial charge >= 0.3 is 5.97 Å². The van der Waals surface area contributed by atoms with Crippen LogP contribution in [-0.4, -0.2) is 65.0 Å². The highest BCUT2D eigenvalue weighted by atomic mass is 35.5. The maximum absolute atomic E-state index is 13.0. The maximum atomic E-state index is 13.0. The first-order chi connectivity index (χ1) is 18.8. The van der Waals surface area contributed by atoms with E-state index in [1.165, 1.54) is 0 Å². The van der Waals surface area contributed by atoms with E-state index < -0.39 is 17.8 Å². The Bertz CT molecular complexity index is 1260. The average Bonchev–Trinajstić information content (AvgIpc) is 3.62. The lowest BCUT2D eigenvalue weighted by molar-refractivity contribution is 0.0306. The third-order valence-electron chi connectivity index (χ3n) is 6.25. The number of aryl methyl sites for hydroxylation is 2. The zero-order valence-electron chi connectivity index (χ0n) is 22.0. The molecule has 3 unspecified atom stereocenters. The van der Waals surface area contributed by atoms with Crippen molar-refractivity contribution in [1.82, 2.24) is 4.98 Å².